The van der Waals surface area contributed by atoms with Crippen molar-refractivity contribution in [3.63, 3.8) is 0 Å². The van der Waals surface area contributed by atoms with Crippen molar-refractivity contribution in [2.24, 2.45) is 0 Å². The first-order valence-electron chi connectivity index (χ1n) is 12.3. The van der Waals surface area contributed by atoms with Crippen LogP contribution >= 0.6 is 11.8 Å². The van der Waals surface area contributed by atoms with Gasteiger partial charge in [0.05, 0.1) is 0 Å². The standard InChI is InChI=1S/C27H45N3O4S/c1-11-27(8,9)30(22(23(31)28-18(2)3)20-14-12-19(4)13-15-20)24(32)21(16-17-35-10)29-25(33)34-26(5,6)7/h12-15,18,21-22H,11,16-17H2,1-10H3,(H,28,31)(H,29,33). The first kappa shape index (κ1) is 30.8. The van der Waals surface area contributed by atoms with E-state index in [9.17, 15) is 14.4 Å². The SMILES string of the molecule is CCC(C)(C)N(C(=O)C(CCSC)NC(=O)OC(C)(C)C)C(C(=O)NC(C)C)c1ccc(C)cc1. The summed E-state index contributed by atoms with van der Waals surface area (Å²) in [6, 6.07) is 5.90. The number of alkyl carbamates (subject to hydrolysis) is 1. The number of benzene rings is 1. The highest BCUT2D eigenvalue weighted by atomic mass is 32.2. The molecule has 1 rings (SSSR count). The first-order valence-corrected chi connectivity index (χ1v) is 13.7. The minimum absolute atomic E-state index is 0.0932. The molecule has 1 aromatic carbocycles. The Morgan fingerprint density at radius 1 is 1.03 bits per heavy atom. The Balaban J connectivity index is 3.57. The van der Waals surface area contributed by atoms with E-state index >= 15 is 0 Å². The molecule has 2 unspecified atom stereocenters. The van der Waals surface area contributed by atoms with Gasteiger partial charge in [0.1, 0.15) is 17.7 Å². The van der Waals surface area contributed by atoms with Crippen molar-refractivity contribution in [1.82, 2.24) is 15.5 Å². The molecule has 0 radical (unpaired) electrons. The summed E-state index contributed by atoms with van der Waals surface area (Å²) in [5.74, 6) is 0.112. The molecule has 0 aliphatic rings. The van der Waals surface area contributed by atoms with Crippen molar-refractivity contribution in [2.45, 2.75) is 104 Å². The fraction of sp³-hybridized carbons (Fsp3) is 0.667. The second kappa shape index (κ2) is 13.2. The van der Waals surface area contributed by atoms with Crippen molar-refractivity contribution in [2.75, 3.05) is 12.0 Å². The van der Waals surface area contributed by atoms with E-state index in [-0.39, 0.29) is 17.9 Å². The number of rotatable bonds is 11. The molecule has 0 aromatic heterocycles. The molecule has 0 saturated carbocycles. The third kappa shape index (κ3) is 9.74. The van der Waals surface area contributed by atoms with Crippen LogP contribution in [0.2, 0.25) is 0 Å². The summed E-state index contributed by atoms with van der Waals surface area (Å²) in [5, 5.41) is 5.78. The van der Waals surface area contributed by atoms with Gasteiger partial charge in [0.25, 0.3) is 0 Å². The van der Waals surface area contributed by atoms with E-state index in [1.807, 2.05) is 72.1 Å². The lowest BCUT2D eigenvalue weighted by atomic mass is 9.91. The van der Waals surface area contributed by atoms with Crippen molar-refractivity contribution in [1.29, 1.82) is 0 Å². The van der Waals surface area contributed by atoms with Crippen LogP contribution in [0.25, 0.3) is 0 Å². The van der Waals surface area contributed by atoms with Gasteiger partial charge in [-0.05, 0) is 85.8 Å². The molecular weight excluding hydrogens is 462 g/mol. The zero-order valence-electron chi connectivity index (χ0n) is 23.2. The highest BCUT2D eigenvalue weighted by Gasteiger charge is 2.43. The highest BCUT2D eigenvalue weighted by Crippen LogP contribution is 2.33. The maximum Gasteiger partial charge on any atom is 0.408 e. The summed E-state index contributed by atoms with van der Waals surface area (Å²) in [4.78, 5) is 42.1. The van der Waals surface area contributed by atoms with E-state index < -0.39 is 29.3 Å². The molecule has 0 spiro atoms. The number of thioether (sulfide) groups is 1. The molecule has 8 heteroatoms. The summed E-state index contributed by atoms with van der Waals surface area (Å²) in [6.45, 7) is 17.0. The van der Waals surface area contributed by atoms with Crippen LogP contribution in [0.1, 0.15) is 85.4 Å². The minimum atomic E-state index is -0.849. The van der Waals surface area contributed by atoms with Crippen LogP contribution in [0.15, 0.2) is 24.3 Å². The van der Waals surface area contributed by atoms with Gasteiger partial charge in [0, 0.05) is 11.6 Å². The summed E-state index contributed by atoms with van der Waals surface area (Å²) in [7, 11) is 0. The third-order valence-corrected chi connectivity index (χ3v) is 6.33. The molecule has 35 heavy (non-hydrogen) atoms. The first-order chi connectivity index (χ1) is 16.1. The molecule has 0 saturated heterocycles. The van der Waals surface area contributed by atoms with Crippen LogP contribution in [-0.2, 0) is 14.3 Å². The molecule has 1 aromatic rings. The van der Waals surface area contributed by atoms with Gasteiger partial charge in [-0.3, -0.25) is 9.59 Å². The number of aryl methyl sites for hydroxylation is 1. The van der Waals surface area contributed by atoms with E-state index in [0.717, 1.165) is 11.1 Å². The van der Waals surface area contributed by atoms with Crippen molar-refractivity contribution in [3.05, 3.63) is 35.4 Å². The average Bonchev–Trinajstić information content (AvgIpc) is 2.73. The second-order valence-corrected chi connectivity index (χ2v) is 11.8. The second-order valence-electron chi connectivity index (χ2n) is 10.8. The topological polar surface area (TPSA) is 87.7 Å². The van der Waals surface area contributed by atoms with Crippen LogP contribution < -0.4 is 10.6 Å². The maximum absolute atomic E-state index is 14.2. The number of nitrogens with one attached hydrogen (secondary N) is 2. The van der Waals surface area contributed by atoms with Crippen LogP contribution in [-0.4, -0.2) is 58.0 Å². The van der Waals surface area contributed by atoms with Crippen LogP contribution in [0, 0.1) is 6.92 Å². The van der Waals surface area contributed by atoms with Crippen molar-refractivity contribution < 1.29 is 19.1 Å². The lowest BCUT2D eigenvalue weighted by molar-refractivity contribution is -0.149. The Bertz CT molecular complexity index is 847. The largest absolute Gasteiger partial charge is 0.444 e. The smallest absolute Gasteiger partial charge is 0.408 e. The molecule has 2 atom stereocenters. The molecule has 2 N–H and O–H groups in total. The number of amides is 3. The number of nitrogens with zero attached hydrogens (tertiary/aromatic N) is 1. The quantitative estimate of drug-likeness (QED) is 0.429. The Morgan fingerprint density at radius 2 is 1.60 bits per heavy atom. The van der Waals surface area contributed by atoms with Crippen molar-refractivity contribution >= 4 is 29.7 Å². The monoisotopic (exact) mass is 507 g/mol. The molecule has 7 nitrogen and oxygen atoms in total. The Morgan fingerprint density at radius 3 is 2.06 bits per heavy atom. The fourth-order valence-electron chi connectivity index (χ4n) is 3.59. The number of carbonyl (C=O) groups excluding carboxylic acids is 3. The predicted octanol–water partition coefficient (Wildman–Crippen LogP) is 5.22. The molecule has 0 aliphatic heterocycles. The predicted molar refractivity (Wildman–Crippen MR) is 145 cm³/mol. The minimum Gasteiger partial charge on any atom is -0.444 e. The molecule has 3 amide bonds. The summed E-state index contributed by atoms with van der Waals surface area (Å²) in [5.41, 5.74) is 0.438. The number of hydrogen-bond donors (Lipinski definition) is 2. The van der Waals surface area contributed by atoms with Crippen LogP contribution in [0.3, 0.4) is 0 Å². The summed E-state index contributed by atoms with van der Waals surface area (Å²) >= 11 is 1.59. The van der Waals surface area contributed by atoms with Gasteiger partial charge in [0.2, 0.25) is 11.8 Å². The average molecular weight is 508 g/mol. The molecule has 0 bridgehead atoms. The highest BCUT2D eigenvalue weighted by molar-refractivity contribution is 7.98. The fourth-order valence-corrected chi connectivity index (χ4v) is 4.06. The van der Waals surface area contributed by atoms with Crippen LogP contribution in [0.4, 0.5) is 4.79 Å². The third-order valence-electron chi connectivity index (χ3n) is 5.69. The van der Waals surface area contributed by atoms with Gasteiger partial charge in [-0.1, -0.05) is 36.8 Å². The summed E-state index contributed by atoms with van der Waals surface area (Å²) < 4.78 is 5.44. The molecular formula is C27H45N3O4S. The summed E-state index contributed by atoms with van der Waals surface area (Å²) in [6.07, 6.45) is 2.35. The van der Waals surface area contributed by atoms with E-state index in [1.165, 1.54) is 0 Å². The number of carbonyl (C=O) groups is 3. The van der Waals surface area contributed by atoms with Gasteiger partial charge in [-0.25, -0.2) is 4.79 Å². The van der Waals surface area contributed by atoms with Crippen LogP contribution in [0.5, 0.6) is 0 Å². The molecule has 0 fully saturated rings. The van der Waals surface area contributed by atoms with E-state index in [1.54, 1.807) is 37.4 Å². The zero-order chi connectivity index (χ0) is 27.0. The lowest BCUT2D eigenvalue weighted by Gasteiger charge is -2.44. The molecule has 198 valence electrons. The van der Waals surface area contributed by atoms with E-state index in [2.05, 4.69) is 10.6 Å². The van der Waals surface area contributed by atoms with E-state index in [4.69, 9.17) is 4.74 Å². The lowest BCUT2D eigenvalue weighted by Crippen LogP contribution is -2.59. The molecule has 0 aliphatic carbocycles. The van der Waals surface area contributed by atoms with Gasteiger partial charge in [-0.2, -0.15) is 11.8 Å². The van der Waals surface area contributed by atoms with Gasteiger partial charge >= 0.3 is 6.09 Å². The Kier molecular flexibility index (Phi) is 11.6. The van der Waals surface area contributed by atoms with Gasteiger partial charge in [0.15, 0.2) is 0 Å². The number of ether oxygens (including phenoxy) is 1. The zero-order valence-corrected chi connectivity index (χ0v) is 24.0. The Hall–Kier alpha value is -2.22. The maximum atomic E-state index is 14.2. The van der Waals surface area contributed by atoms with Gasteiger partial charge in [-0.15, -0.1) is 0 Å². The normalized spacial score (nSPS) is 13.7. The van der Waals surface area contributed by atoms with Gasteiger partial charge < -0.3 is 20.3 Å². The Labute approximate surface area is 216 Å². The molecule has 0 heterocycles. The van der Waals surface area contributed by atoms with Crippen molar-refractivity contribution in [3.8, 4) is 0 Å². The number of hydrogen-bond acceptors (Lipinski definition) is 5. The van der Waals surface area contributed by atoms with E-state index in [0.29, 0.717) is 18.6 Å².